The highest BCUT2D eigenvalue weighted by Gasteiger charge is 2.14. The van der Waals surface area contributed by atoms with Crippen LogP contribution in [-0.4, -0.2) is 48.8 Å². The minimum absolute atomic E-state index is 0.315. The molecule has 0 saturated carbocycles. The van der Waals surface area contributed by atoms with Gasteiger partial charge < -0.3 is 15.3 Å². The maximum absolute atomic E-state index is 8.75. The molecule has 0 aliphatic carbocycles. The summed E-state index contributed by atoms with van der Waals surface area (Å²) in [5.74, 6) is 0.731. The van der Waals surface area contributed by atoms with Crippen LogP contribution in [0.1, 0.15) is 39.5 Å². The van der Waals surface area contributed by atoms with Crippen molar-refractivity contribution >= 4 is 0 Å². The second kappa shape index (κ2) is 8.04. The summed E-state index contributed by atoms with van der Waals surface area (Å²) in [5.41, 5.74) is 0. The molecule has 1 aliphatic rings. The zero-order valence-electron chi connectivity index (χ0n) is 10.9. The van der Waals surface area contributed by atoms with Crippen molar-refractivity contribution < 1.29 is 5.11 Å². The van der Waals surface area contributed by atoms with E-state index >= 15 is 0 Å². The molecule has 1 rings (SSSR count). The normalized spacial score (nSPS) is 21.2. The summed E-state index contributed by atoms with van der Waals surface area (Å²) < 4.78 is 0. The van der Waals surface area contributed by atoms with E-state index in [-0.39, 0.29) is 0 Å². The maximum atomic E-state index is 8.75. The van der Waals surface area contributed by atoms with Gasteiger partial charge in [-0.15, -0.1) is 0 Å². The smallest absolute Gasteiger partial charge is 0.0431 e. The van der Waals surface area contributed by atoms with Crippen molar-refractivity contribution in [2.24, 2.45) is 5.92 Å². The molecule has 0 aromatic heterocycles. The lowest BCUT2D eigenvalue weighted by Gasteiger charge is -2.22. The Kier molecular flexibility index (Phi) is 7.01. The van der Waals surface area contributed by atoms with Gasteiger partial charge in [0.05, 0.1) is 0 Å². The molecule has 0 bridgehead atoms. The van der Waals surface area contributed by atoms with Gasteiger partial charge in [0.25, 0.3) is 0 Å². The molecular formula is C13H28N2O. The third-order valence-electron chi connectivity index (χ3n) is 3.38. The maximum Gasteiger partial charge on any atom is 0.0431 e. The van der Waals surface area contributed by atoms with Gasteiger partial charge >= 0.3 is 0 Å². The molecule has 0 spiro atoms. The molecule has 0 radical (unpaired) electrons. The van der Waals surface area contributed by atoms with Crippen molar-refractivity contribution in [3.8, 4) is 0 Å². The van der Waals surface area contributed by atoms with Crippen LogP contribution >= 0.6 is 0 Å². The van der Waals surface area contributed by atoms with Crippen molar-refractivity contribution in [1.82, 2.24) is 10.2 Å². The second-order valence-corrected chi connectivity index (χ2v) is 5.29. The number of hydrogen-bond donors (Lipinski definition) is 2. The number of aliphatic hydroxyl groups excluding tert-OH is 1. The molecular weight excluding hydrogens is 200 g/mol. The number of hydrogen-bond acceptors (Lipinski definition) is 3. The van der Waals surface area contributed by atoms with Gasteiger partial charge in [-0.3, -0.25) is 0 Å². The van der Waals surface area contributed by atoms with Crippen LogP contribution in [0, 0.1) is 5.92 Å². The molecule has 0 aromatic carbocycles. The Labute approximate surface area is 100 Å². The summed E-state index contributed by atoms with van der Waals surface area (Å²) >= 11 is 0. The molecule has 96 valence electrons. The summed E-state index contributed by atoms with van der Waals surface area (Å²) in [5, 5.41) is 12.3. The van der Waals surface area contributed by atoms with Crippen LogP contribution < -0.4 is 5.32 Å². The van der Waals surface area contributed by atoms with E-state index in [2.05, 4.69) is 24.1 Å². The average molecular weight is 228 g/mol. The van der Waals surface area contributed by atoms with Crippen molar-refractivity contribution in [2.45, 2.75) is 45.6 Å². The van der Waals surface area contributed by atoms with Gasteiger partial charge in [-0.25, -0.2) is 0 Å². The van der Waals surface area contributed by atoms with E-state index in [1.165, 1.54) is 32.5 Å². The SMILES string of the molecule is CC(CNC(C)CCCO)CN1CCCC1. The first-order valence-corrected chi connectivity index (χ1v) is 6.79. The first kappa shape index (κ1) is 13.9. The topological polar surface area (TPSA) is 35.5 Å². The van der Waals surface area contributed by atoms with E-state index in [1.807, 2.05) is 0 Å². The van der Waals surface area contributed by atoms with Crippen molar-refractivity contribution in [1.29, 1.82) is 0 Å². The average Bonchev–Trinajstić information content (AvgIpc) is 2.76. The summed E-state index contributed by atoms with van der Waals surface area (Å²) in [6.07, 6.45) is 4.75. The van der Waals surface area contributed by atoms with Crippen molar-refractivity contribution in [3.05, 3.63) is 0 Å². The van der Waals surface area contributed by atoms with Crippen molar-refractivity contribution in [2.75, 3.05) is 32.8 Å². The minimum Gasteiger partial charge on any atom is -0.396 e. The molecule has 3 nitrogen and oxygen atoms in total. The lowest BCUT2D eigenvalue weighted by atomic mass is 10.1. The number of aliphatic hydroxyl groups is 1. The minimum atomic E-state index is 0.315. The first-order valence-electron chi connectivity index (χ1n) is 6.79. The van der Waals surface area contributed by atoms with E-state index in [4.69, 9.17) is 5.11 Å². The molecule has 2 atom stereocenters. The van der Waals surface area contributed by atoms with Crippen LogP contribution in [0.5, 0.6) is 0 Å². The van der Waals surface area contributed by atoms with Gasteiger partial charge in [-0.05, 0) is 58.2 Å². The third kappa shape index (κ3) is 5.83. The number of likely N-dealkylation sites (tertiary alicyclic amines) is 1. The number of nitrogens with zero attached hydrogens (tertiary/aromatic N) is 1. The fraction of sp³-hybridized carbons (Fsp3) is 1.00. The monoisotopic (exact) mass is 228 g/mol. The Morgan fingerprint density at radius 1 is 1.25 bits per heavy atom. The van der Waals surface area contributed by atoms with Gasteiger partial charge in [0.2, 0.25) is 0 Å². The summed E-state index contributed by atoms with van der Waals surface area (Å²) in [6, 6.07) is 0.535. The predicted octanol–water partition coefficient (Wildman–Crippen LogP) is 1.47. The molecule has 0 amide bonds. The molecule has 1 heterocycles. The quantitative estimate of drug-likeness (QED) is 0.660. The molecule has 1 aliphatic heterocycles. The van der Waals surface area contributed by atoms with Crippen LogP contribution in [0.25, 0.3) is 0 Å². The Morgan fingerprint density at radius 2 is 1.94 bits per heavy atom. The highest BCUT2D eigenvalue weighted by atomic mass is 16.2. The van der Waals surface area contributed by atoms with Gasteiger partial charge in [-0.1, -0.05) is 6.92 Å². The van der Waals surface area contributed by atoms with E-state index in [0.717, 1.165) is 25.3 Å². The molecule has 1 fully saturated rings. The molecule has 16 heavy (non-hydrogen) atoms. The van der Waals surface area contributed by atoms with Gasteiger partial charge in [0, 0.05) is 19.2 Å². The highest BCUT2D eigenvalue weighted by molar-refractivity contribution is 4.71. The van der Waals surface area contributed by atoms with Crippen LogP contribution in [0.2, 0.25) is 0 Å². The van der Waals surface area contributed by atoms with Gasteiger partial charge in [0.1, 0.15) is 0 Å². The van der Waals surface area contributed by atoms with Crippen LogP contribution in [0.4, 0.5) is 0 Å². The fourth-order valence-electron chi connectivity index (χ4n) is 2.37. The molecule has 0 aromatic rings. The van der Waals surface area contributed by atoms with E-state index in [0.29, 0.717) is 12.6 Å². The molecule has 2 N–H and O–H groups in total. The zero-order chi connectivity index (χ0) is 11.8. The van der Waals surface area contributed by atoms with Gasteiger partial charge in [0.15, 0.2) is 0 Å². The largest absolute Gasteiger partial charge is 0.396 e. The summed E-state index contributed by atoms with van der Waals surface area (Å²) in [4.78, 5) is 2.57. The number of rotatable bonds is 8. The second-order valence-electron chi connectivity index (χ2n) is 5.29. The zero-order valence-corrected chi connectivity index (χ0v) is 10.9. The Morgan fingerprint density at radius 3 is 2.56 bits per heavy atom. The lowest BCUT2D eigenvalue weighted by molar-refractivity contribution is 0.264. The predicted molar refractivity (Wildman–Crippen MR) is 68.6 cm³/mol. The fourth-order valence-corrected chi connectivity index (χ4v) is 2.37. The van der Waals surface area contributed by atoms with Crippen LogP contribution in [-0.2, 0) is 0 Å². The Bertz CT molecular complexity index is 169. The van der Waals surface area contributed by atoms with E-state index in [9.17, 15) is 0 Å². The van der Waals surface area contributed by atoms with Crippen LogP contribution in [0.3, 0.4) is 0 Å². The van der Waals surface area contributed by atoms with E-state index in [1.54, 1.807) is 0 Å². The van der Waals surface area contributed by atoms with Crippen molar-refractivity contribution in [3.63, 3.8) is 0 Å². The lowest BCUT2D eigenvalue weighted by Crippen LogP contribution is -2.35. The highest BCUT2D eigenvalue weighted by Crippen LogP contribution is 2.10. The summed E-state index contributed by atoms with van der Waals surface area (Å²) in [7, 11) is 0. The Hall–Kier alpha value is -0.120. The molecule has 2 unspecified atom stereocenters. The first-order chi connectivity index (χ1) is 7.72. The summed E-state index contributed by atoms with van der Waals surface area (Å²) in [6.45, 7) is 9.77. The number of nitrogens with one attached hydrogen (secondary N) is 1. The molecule has 1 saturated heterocycles. The standard InChI is InChI=1S/C13H28N2O/c1-12(11-15-7-3-4-8-15)10-14-13(2)6-5-9-16/h12-14,16H,3-11H2,1-2H3. The van der Waals surface area contributed by atoms with E-state index < -0.39 is 0 Å². The third-order valence-corrected chi connectivity index (χ3v) is 3.38. The van der Waals surface area contributed by atoms with Gasteiger partial charge in [-0.2, -0.15) is 0 Å². The Balaban J connectivity index is 2.02. The molecule has 3 heteroatoms. The van der Waals surface area contributed by atoms with Crippen LogP contribution in [0.15, 0.2) is 0 Å².